The number of pyridine rings is 1. The van der Waals surface area contributed by atoms with E-state index in [4.69, 9.17) is 0 Å². The molecular weight excluding hydrogens is 230 g/mol. The Balaban J connectivity index is 2.94. The molecule has 1 heterocycles. The lowest BCUT2D eigenvalue weighted by Gasteiger charge is -2.08. The van der Waals surface area contributed by atoms with Crippen LogP contribution in [0.25, 0.3) is 0 Å². The van der Waals surface area contributed by atoms with E-state index in [0.29, 0.717) is 5.69 Å². The predicted octanol–water partition coefficient (Wildman–Crippen LogP) is 3.96. The van der Waals surface area contributed by atoms with E-state index >= 15 is 0 Å². The average Bonchev–Trinajstić information content (AvgIpc) is 2.05. The van der Waals surface area contributed by atoms with Crippen LogP contribution in [0, 0.1) is 5.82 Å². The highest BCUT2D eigenvalue weighted by Crippen LogP contribution is 2.38. The highest BCUT2D eigenvalue weighted by atomic mass is 32.2. The molecule has 0 aliphatic heterocycles. The maximum absolute atomic E-state index is 13.2. The van der Waals surface area contributed by atoms with Crippen LogP contribution < -0.4 is 0 Å². The van der Waals surface area contributed by atoms with Gasteiger partial charge in [0.1, 0.15) is 5.82 Å². The van der Waals surface area contributed by atoms with Gasteiger partial charge in [-0.3, -0.25) is 4.98 Å². The van der Waals surface area contributed by atoms with Crippen LogP contribution in [0.5, 0.6) is 0 Å². The van der Waals surface area contributed by atoms with E-state index in [1.54, 1.807) is 13.8 Å². The monoisotopic (exact) mass is 239 g/mol. The molecule has 0 radical (unpaired) electrons. The zero-order valence-corrected chi connectivity index (χ0v) is 8.92. The van der Waals surface area contributed by atoms with Gasteiger partial charge in [-0.05, 0) is 23.7 Å². The van der Waals surface area contributed by atoms with Crippen LogP contribution in [0.3, 0.4) is 0 Å². The van der Waals surface area contributed by atoms with Gasteiger partial charge in [-0.2, -0.15) is 13.2 Å². The van der Waals surface area contributed by atoms with Gasteiger partial charge in [-0.1, -0.05) is 13.8 Å². The zero-order chi connectivity index (χ0) is 11.6. The molecule has 0 aliphatic rings. The van der Waals surface area contributed by atoms with Crippen molar-refractivity contribution in [1.29, 1.82) is 0 Å². The second-order valence-electron chi connectivity index (χ2n) is 3.24. The molecule has 0 aliphatic carbocycles. The summed E-state index contributed by atoms with van der Waals surface area (Å²) in [5.74, 6) is -0.888. The molecule has 0 fully saturated rings. The Morgan fingerprint density at radius 1 is 1.33 bits per heavy atom. The zero-order valence-electron chi connectivity index (χ0n) is 8.10. The van der Waals surface area contributed by atoms with Crippen molar-refractivity contribution in [3.8, 4) is 0 Å². The first-order chi connectivity index (χ1) is 6.79. The van der Waals surface area contributed by atoms with Gasteiger partial charge in [0.2, 0.25) is 0 Å². The summed E-state index contributed by atoms with van der Waals surface area (Å²) in [6.45, 7) is 3.58. The largest absolute Gasteiger partial charge is 0.446 e. The van der Waals surface area contributed by atoms with Gasteiger partial charge < -0.3 is 0 Å². The molecule has 0 bridgehead atoms. The average molecular weight is 239 g/mol. The normalized spacial score (nSPS) is 12.2. The summed E-state index contributed by atoms with van der Waals surface area (Å²) in [6, 6.07) is 1.04. The first kappa shape index (κ1) is 12.3. The van der Waals surface area contributed by atoms with Crippen LogP contribution in [0.1, 0.15) is 25.5 Å². The van der Waals surface area contributed by atoms with Crippen LogP contribution in [0.4, 0.5) is 17.6 Å². The quantitative estimate of drug-likeness (QED) is 0.572. The third-order valence-electron chi connectivity index (χ3n) is 1.66. The minimum atomic E-state index is -4.48. The second-order valence-corrected chi connectivity index (χ2v) is 4.35. The molecule has 1 aromatic heterocycles. The predicted molar refractivity (Wildman–Crippen MR) is 50.2 cm³/mol. The summed E-state index contributed by atoms with van der Waals surface area (Å²) in [5.41, 5.74) is -4.04. The Hall–Kier alpha value is -0.780. The molecule has 0 spiro atoms. The van der Waals surface area contributed by atoms with Crippen LogP contribution in [-0.4, -0.2) is 10.5 Å². The minimum Gasteiger partial charge on any atom is -0.260 e. The van der Waals surface area contributed by atoms with Gasteiger partial charge >= 0.3 is 5.51 Å². The molecule has 0 N–H and O–H groups in total. The molecule has 0 saturated carbocycles. The van der Waals surface area contributed by atoms with E-state index in [1.807, 2.05) is 0 Å². The molecule has 0 amide bonds. The summed E-state index contributed by atoms with van der Waals surface area (Å²) in [5, 5.41) is 0. The molecule has 84 valence electrons. The Kier molecular flexibility index (Phi) is 3.59. The van der Waals surface area contributed by atoms with Crippen LogP contribution in [0.2, 0.25) is 0 Å². The van der Waals surface area contributed by atoms with Crippen molar-refractivity contribution < 1.29 is 17.6 Å². The van der Waals surface area contributed by atoms with E-state index in [2.05, 4.69) is 4.98 Å². The van der Waals surface area contributed by atoms with E-state index in [9.17, 15) is 17.6 Å². The van der Waals surface area contributed by atoms with Crippen LogP contribution in [0.15, 0.2) is 17.2 Å². The SMILES string of the molecule is CC(C)c1cc(F)c(SC(F)(F)F)cn1. The summed E-state index contributed by atoms with van der Waals surface area (Å²) < 4.78 is 49.0. The van der Waals surface area contributed by atoms with E-state index in [0.717, 1.165) is 12.3 Å². The van der Waals surface area contributed by atoms with Crippen molar-refractivity contribution in [2.24, 2.45) is 0 Å². The third-order valence-corrected chi connectivity index (χ3v) is 2.41. The van der Waals surface area contributed by atoms with Gasteiger partial charge in [0.05, 0.1) is 4.90 Å². The highest BCUT2D eigenvalue weighted by molar-refractivity contribution is 8.00. The summed E-state index contributed by atoms with van der Waals surface area (Å²) >= 11 is -0.490. The lowest BCUT2D eigenvalue weighted by molar-refractivity contribution is -0.0329. The fourth-order valence-corrected chi connectivity index (χ4v) is 1.46. The third kappa shape index (κ3) is 3.70. The second kappa shape index (κ2) is 4.38. The van der Waals surface area contributed by atoms with Gasteiger partial charge in [-0.15, -0.1) is 0 Å². The number of hydrogen-bond acceptors (Lipinski definition) is 2. The van der Waals surface area contributed by atoms with Crippen LogP contribution in [-0.2, 0) is 0 Å². The van der Waals surface area contributed by atoms with Crippen LogP contribution >= 0.6 is 11.8 Å². The molecule has 6 heteroatoms. The first-order valence-electron chi connectivity index (χ1n) is 4.21. The van der Waals surface area contributed by atoms with E-state index < -0.39 is 28.0 Å². The Labute approximate surface area is 88.9 Å². The van der Waals surface area contributed by atoms with Crippen molar-refractivity contribution in [3.63, 3.8) is 0 Å². The molecule has 1 nitrogen and oxygen atoms in total. The number of alkyl halides is 3. The Morgan fingerprint density at radius 3 is 2.33 bits per heavy atom. The fraction of sp³-hybridized carbons (Fsp3) is 0.444. The first-order valence-corrected chi connectivity index (χ1v) is 5.02. The smallest absolute Gasteiger partial charge is 0.260 e. The van der Waals surface area contributed by atoms with Crippen molar-refractivity contribution in [2.45, 2.75) is 30.2 Å². The summed E-state index contributed by atoms with van der Waals surface area (Å²) in [6.07, 6.45) is 0.919. The van der Waals surface area contributed by atoms with Gasteiger partial charge in [0.15, 0.2) is 0 Å². The maximum Gasteiger partial charge on any atom is 0.446 e. The Bertz CT molecular complexity index is 348. The molecule has 0 atom stereocenters. The van der Waals surface area contributed by atoms with Crippen molar-refractivity contribution in [2.75, 3.05) is 0 Å². The van der Waals surface area contributed by atoms with Crippen molar-refractivity contribution in [1.82, 2.24) is 4.98 Å². The molecule has 15 heavy (non-hydrogen) atoms. The standard InChI is InChI=1S/C9H9F4NS/c1-5(2)7-3-6(10)8(4-14-7)15-9(11,12)13/h3-5H,1-2H3. The number of hydrogen-bond donors (Lipinski definition) is 0. The lowest BCUT2D eigenvalue weighted by atomic mass is 10.1. The number of aromatic nitrogens is 1. The maximum atomic E-state index is 13.2. The number of nitrogens with zero attached hydrogens (tertiary/aromatic N) is 1. The Morgan fingerprint density at radius 2 is 1.93 bits per heavy atom. The molecule has 1 rings (SSSR count). The number of thioether (sulfide) groups is 1. The van der Waals surface area contributed by atoms with Gasteiger partial charge in [-0.25, -0.2) is 4.39 Å². The van der Waals surface area contributed by atoms with Gasteiger partial charge in [0.25, 0.3) is 0 Å². The van der Waals surface area contributed by atoms with Gasteiger partial charge in [0, 0.05) is 11.9 Å². The van der Waals surface area contributed by atoms with E-state index in [1.165, 1.54) is 0 Å². The van der Waals surface area contributed by atoms with Crippen molar-refractivity contribution >= 4 is 11.8 Å². The molecule has 0 aromatic carbocycles. The fourth-order valence-electron chi connectivity index (χ4n) is 0.949. The summed E-state index contributed by atoms with van der Waals surface area (Å²) in [7, 11) is 0. The lowest BCUT2D eigenvalue weighted by Crippen LogP contribution is -2.02. The van der Waals surface area contributed by atoms with E-state index in [-0.39, 0.29) is 5.92 Å². The number of rotatable bonds is 2. The summed E-state index contributed by atoms with van der Waals surface area (Å²) in [4.78, 5) is 3.27. The topological polar surface area (TPSA) is 12.9 Å². The molecular formula is C9H9F4NS. The number of halogens is 4. The molecule has 1 aromatic rings. The highest BCUT2D eigenvalue weighted by Gasteiger charge is 2.31. The van der Waals surface area contributed by atoms with Crippen molar-refractivity contribution in [3.05, 3.63) is 23.8 Å². The molecule has 0 unspecified atom stereocenters. The molecule has 0 saturated heterocycles. The minimum absolute atomic E-state index is 0.00978.